The van der Waals surface area contributed by atoms with Crippen molar-refractivity contribution in [2.75, 3.05) is 0 Å². The fourth-order valence-electron chi connectivity index (χ4n) is 3.13. The number of unbranched alkanes of at least 4 members (excludes halogenated alkanes) is 1. The zero-order valence-electron chi connectivity index (χ0n) is 14.7. The third kappa shape index (κ3) is 5.20. The van der Waals surface area contributed by atoms with Crippen molar-refractivity contribution in [1.82, 2.24) is 0 Å². The molecule has 0 radical (unpaired) electrons. The Labute approximate surface area is 140 Å². The summed E-state index contributed by atoms with van der Waals surface area (Å²) in [6.07, 6.45) is 6.68. The number of aryl methyl sites for hydroxylation is 1. The zero-order chi connectivity index (χ0) is 16.7. The smallest absolute Gasteiger partial charge is 0.123 e. The van der Waals surface area contributed by atoms with Gasteiger partial charge in [0.15, 0.2) is 0 Å². The molecule has 0 aliphatic rings. The summed E-state index contributed by atoms with van der Waals surface area (Å²) in [5.74, 6) is 0.503. The second kappa shape index (κ2) is 8.86. The number of hydrogen-bond acceptors (Lipinski definition) is 0. The van der Waals surface area contributed by atoms with E-state index in [1.54, 1.807) is 12.1 Å². The maximum atomic E-state index is 13.5. The quantitative estimate of drug-likeness (QED) is 0.511. The average Bonchev–Trinajstić information content (AvgIpc) is 2.56. The number of halogens is 1. The van der Waals surface area contributed by atoms with Crippen LogP contribution in [0.5, 0.6) is 0 Å². The zero-order valence-corrected chi connectivity index (χ0v) is 14.7. The lowest BCUT2D eigenvalue weighted by Crippen LogP contribution is -1.98. The summed E-state index contributed by atoms with van der Waals surface area (Å²) in [5.41, 5.74) is 5.13. The van der Waals surface area contributed by atoms with Crippen molar-refractivity contribution in [3.05, 3.63) is 70.5 Å². The van der Waals surface area contributed by atoms with E-state index in [9.17, 15) is 4.39 Å². The maximum Gasteiger partial charge on any atom is 0.123 e. The molecule has 0 saturated carbocycles. The fourth-order valence-corrected chi connectivity index (χ4v) is 3.13. The minimum atomic E-state index is -0.128. The van der Waals surface area contributed by atoms with Gasteiger partial charge in [0.05, 0.1) is 0 Å². The number of rotatable bonds is 8. The van der Waals surface area contributed by atoms with E-state index in [2.05, 4.69) is 45.0 Å². The van der Waals surface area contributed by atoms with Crippen LogP contribution in [0.25, 0.3) is 0 Å². The molecule has 0 bridgehead atoms. The fraction of sp³-hybridized carbons (Fsp3) is 0.455. The minimum Gasteiger partial charge on any atom is -0.207 e. The summed E-state index contributed by atoms with van der Waals surface area (Å²) in [7, 11) is 0. The van der Waals surface area contributed by atoms with E-state index in [1.807, 2.05) is 6.07 Å². The molecule has 124 valence electrons. The summed E-state index contributed by atoms with van der Waals surface area (Å²) in [6.45, 7) is 6.69. The Kier molecular flexibility index (Phi) is 6.83. The molecular weight excluding hydrogens is 283 g/mol. The van der Waals surface area contributed by atoms with Gasteiger partial charge >= 0.3 is 0 Å². The van der Waals surface area contributed by atoms with Crippen LogP contribution in [0.4, 0.5) is 4.39 Å². The standard InChI is InChI=1S/C22H29F/c1-4-6-8-17(3)19-11-9-18(10-12-19)15-21-13-14-22(23)16-20(21)7-5-2/h9-14,16-17H,4-8,15H2,1-3H3. The van der Waals surface area contributed by atoms with Crippen molar-refractivity contribution >= 4 is 0 Å². The molecule has 0 fully saturated rings. The van der Waals surface area contributed by atoms with Gasteiger partial charge in [-0.2, -0.15) is 0 Å². The van der Waals surface area contributed by atoms with E-state index >= 15 is 0 Å². The Hall–Kier alpha value is -1.63. The monoisotopic (exact) mass is 312 g/mol. The molecule has 23 heavy (non-hydrogen) atoms. The first kappa shape index (κ1) is 17.7. The Morgan fingerprint density at radius 2 is 1.65 bits per heavy atom. The van der Waals surface area contributed by atoms with Crippen molar-refractivity contribution in [3.63, 3.8) is 0 Å². The largest absolute Gasteiger partial charge is 0.207 e. The Bertz CT molecular complexity index is 598. The van der Waals surface area contributed by atoms with Gasteiger partial charge in [0.2, 0.25) is 0 Å². The number of hydrogen-bond donors (Lipinski definition) is 0. The van der Waals surface area contributed by atoms with Gasteiger partial charge in [0.25, 0.3) is 0 Å². The van der Waals surface area contributed by atoms with Gasteiger partial charge in [0, 0.05) is 0 Å². The Morgan fingerprint density at radius 3 is 2.30 bits per heavy atom. The predicted molar refractivity (Wildman–Crippen MR) is 97.6 cm³/mol. The van der Waals surface area contributed by atoms with E-state index in [1.165, 1.54) is 36.0 Å². The molecule has 0 aliphatic carbocycles. The van der Waals surface area contributed by atoms with E-state index in [0.29, 0.717) is 5.92 Å². The summed E-state index contributed by atoms with van der Waals surface area (Å²) < 4.78 is 13.5. The Balaban J connectivity index is 2.09. The van der Waals surface area contributed by atoms with Crippen molar-refractivity contribution in [2.24, 2.45) is 0 Å². The second-order valence-corrected chi connectivity index (χ2v) is 6.62. The first-order valence-corrected chi connectivity index (χ1v) is 9.00. The molecule has 1 atom stereocenters. The van der Waals surface area contributed by atoms with Gasteiger partial charge in [-0.15, -0.1) is 0 Å². The molecule has 1 unspecified atom stereocenters. The third-order valence-corrected chi connectivity index (χ3v) is 4.62. The van der Waals surface area contributed by atoms with Crippen LogP contribution in [-0.4, -0.2) is 0 Å². The lowest BCUT2D eigenvalue weighted by molar-refractivity contribution is 0.623. The molecule has 0 N–H and O–H groups in total. The molecule has 2 aromatic rings. The summed E-state index contributed by atoms with van der Waals surface area (Å²) >= 11 is 0. The maximum absolute atomic E-state index is 13.5. The second-order valence-electron chi connectivity index (χ2n) is 6.62. The van der Waals surface area contributed by atoms with E-state index in [4.69, 9.17) is 0 Å². The van der Waals surface area contributed by atoms with Crippen molar-refractivity contribution in [2.45, 2.75) is 65.2 Å². The van der Waals surface area contributed by atoms with Crippen LogP contribution < -0.4 is 0 Å². The highest BCUT2D eigenvalue weighted by atomic mass is 19.1. The Morgan fingerprint density at radius 1 is 0.913 bits per heavy atom. The molecule has 2 rings (SSSR count). The van der Waals surface area contributed by atoms with Crippen LogP contribution in [0.3, 0.4) is 0 Å². The highest BCUT2D eigenvalue weighted by molar-refractivity contribution is 5.35. The van der Waals surface area contributed by atoms with Crippen molar-refractivity contribution in [3.8, 4) is 0 Å². The topological polar surface area (TPSA) is 0 Å². The molecule has 0 nitrogen and oxygen atoms in total. The van der Waals surface area contributed by atoms with Gasteiger partial charge in [-0.05, 0) is 59.6 Å². The lowest BCUT2D eigenvalue weighted by atomic mass is 9.92. The highest BCUT2D eigenvalue weighted by Gasteiger charge is 2.07. The third-order valence-electron chi connectivity index (χ3n) is 4.62. The van der Waals surface area contributed by atoms with Crippen LogP contribution in [0.1, 0.15) is 74.6 Å². The number of benzene rings is 2. The first-order valence-electron chi connectivity index (χ1n) is 9.00. The van der Waals surface area contributed by atoms with Gasteiger partial charge in [-0.1, -0.05) is 70.4 Å². The van der Waals surface area contributed by atoms with Crippen molar-refractivity contribution in [1.29, 1.82) is 0 Å². The lowest BCUT2D eigenvalue weighted by Gasteiger charge is -2.13. The van der Waals surface area contributed by atoms with E-state index < -0.39 is 0 Å². The van der Waals surface area contributed by atoms with Crippen LogP contribution in [0, 0.1) is 5.82 Å². The van der Waals surface area contributed by atoms with Crippen LogP contribution >= 0.6 is 0 Å². The van der Waals surface area contributed by atoms with Crippen LogP contribution in [-0.2, 0) is 12.8 Å². The minimum absolute atomic E-state index is 0.128. The van der Waals surface area contributed by atoms with Crippen LogP contribution in [0.2, 0.25) is 0 Å². The summed E-state index contributed by atoms with van der Waals surface area (Å²) in [4.78, 5) is 0. The molecule has 0 amide bonds. The molecule has 0 aromatic heterocycles. The molecule has 0 saturated heterocycles. The average molecular weight is 312 g/mol. The highest BCUT2D eigenvalue weighted by Crippen LogP contribution is 2.23. The van der Waals surface area contributed by atoms with Gasteiger partial charge < -0.3 is 0 Å². The van der Waals surface area contributed by atoms with Gasteiger partial charge in [-0.3, -0.25) is 0 Å². The first-order chi connectivity index (χ1) is 11.1. The molecule has 0 spiro atoms. The van der Waals surface area contributed by atoms with E-state index in [0.717, 1.165) is 24.8 Å². The van der Waals surface area contributed by atoms with Gasteiger partial charge in [-0.25, -0.2) is 4.39 Å². The molecular formula is C22H29F. The van der Waals surface area contributed by atoms with Crippen LogP contribution in [0.15, 0.2) is 42.5 Å². The molecule has 0 aliphatic heterocycles. The van der Waals surface area contributed by atoms with E-state index in [-0.39, 0.29) is 5.82 Å². The SMILES string of the molecule is CCCCC(C)c1ccc(Cc2ccc(F)cc2CCC)cc1. The summed E-state index contributed by atoms with van der Waals surface area (Å²) in [6, 6.07) is 14.2. The molecule has 2 aromatic carbocycles. The summed E-state index contributed by atoms with van der Waals surface area (Å²) in [5, 5.41) is 0. The normalized spacial score (nSPS) is 12.3. The van der Waals surface area contributed by atoms with Gasteiger partial charge in [0.1, 0.15) is 5.82 Å². The predicted octanol–water partition coefficient (Wildman–Crippen LogP) is 6.66. The van der Waals surface area contributed by atoms with Crippen molar-refractivity contribution < 1.29 is 4.39 Å². The molecule has 1 heteroatoms. The molecule has 0 heterocycles.